The molecule has 0 amide bonds. The number of hydrogen-bond acceptors (Lipinski definition) is 0. The fourth-order valence-electron chi connectivity index (χ4n) is 1.54. The van der Waals surface area contributed by atoms with Crippen molar-refractivity contribution in [1.29, 1.82) is 0 Å². The highest BCUT2D eigenvalue weighted by molar-refractivity contribution is 5.11. The van der Waals surface area contributed by atoms with E-state index in [1.165, 1.54) is 24.0 Å². The molecule has 1 rings (SSSR count). The van der Waals surface area contributed by atoms with Crippen LogP contribution in [0.2, 0.25) is 0 Å². The van der Waals surface area contributed by atoms with Crippen LogP contribution in [0.15, 0.2) is 11.1 Å². The van der Waals surface area contributed by atoms with Gasteiger partial charge in [0.15, 0.2) is 0 Å². The number of halogens is 1. The van der Waals surface area contributed by atoms with Crippen LogP contribution < -0.4 is 24.0 Å². The average Bonchev–Trinajstić information content (AvgIpc) is 1.79. The Kier molecular flexibility index (Phi) is 4.05. The third-order valence-electron chi connectivity index (χ3n) is 2.49. The first-order valence-electron chi connectivity index (χ1n) is 3.98. The van der Waals surface area contributed by atoms with Crippen LogP contribution in [0.3, 0.4) is 0 Å². The van der Waals surface area contributed by atoms with E-state index >= 15 is 0 Å². The Labute approximate surface area is 87.1 Å². The summed E-state index contributed by atoms with van der Waals surface area (Å²) in [4.78, 5) is 0. The quantitative estimate of drug-likeness (QED) is 0.294. The van der Waals surface area contributed by atoms with E-state index in [0.717, 1.165) is 0 Å². The van der Waals surface area contributed by atoms with E-state index in [9.17, 15) is 0 Å². The van der Waals surface area contributed by atoms with E-state index in [2.05, 4.69) is 27.9 Å². The van der Waals surface area contributed by atoms with Crippen molar-refractivity contribution in [2.75, 3.05) is 27.2 Å². The lowest BCUT2D eigenvalue weighted by molar-refractivity contribution is -0.887. The van der Waals surface area contributed by atoms with Gasteiger partial charge in [-0.2, -0.15) is 0 Å². The van der Waals surface area contributed by atoms with Gasteiger partial charge in [0.2, 0.25) is 0 Å². The van der Waals surface area contributed by atoms with Gasteiger partial charge in [0.1, 0.15) is 0 Å². The summed E-state index contributed by atoms with van der Waals surface area (Å²) in [5, 5.41) is 0. The fraction of sp³-hybridized carbons (Fsp3) is 0.778. The molecule has 66 valence electrons. The van der Waals surface area contributed by atoms with Crippen LogP contribution in [0.1, 0.15) is 20.3 Å². The SMILES string of the molecule is CC1=C(C)C[N+](C)(C)CC1.[I-]. The van der Waals surface area contributed by atoms with Gasteiger partial charge in [-0.1, -0.05) is 5.57 Å². The van der Waals surface area contributed by atoms with Gasteiger partial charge in [-0.15, -0.1) is 0 Å². The normalized spacial score (nSPS) is 22.9. The molecule has 0 aromatic rings. The van der Waals surface area contributed by atoms with Gasteiger partial charge in [-0.25, -0.2) is 0 Å². The Hall–Kier alpha value is 0.430. The first-order chi connectivity index (χ1) is 4.51. The standard InChI is InChI=1S/C9H18N.HI/c1-8-5-6-10(3,4)7-9(8)2;/h5-7H2,1-4H3;1H/q+1;/p-1. The predicted molar refractivity (Wildman–Crippen MR) is 44.8 cm³/mol. The van der Waals surface area contributed by atoms with Crippen LogP contribution in [-0.2, 0) is 0 Å². The summed E-state index contributed by atoms with van der Waals surface area (Å²) in [5.74, 6) is 0. The van der Waals surface area contributed by atoms with Crippen LogP contribution >= 0.6 is 0 Å². The van der Waals surface area contributed by atoms with Gasteiger partial charge >= 0.3 is 0 Å². The van der Waals surface area contributed by atoms with Crippen LogP contribution in [-0.4, -0.2) is 31.7 Å². The maximum atomic E-state index is 2.30. The van der Waals surface area contributed by atoms with Crippen molar-refractivity contribution in [1.82, 2.24) is 0 Å². The Morgan fingerprint density at radius 1 is 1.09 bits per heavy atom. The van der Waals surface area contributed by atoms with E-state index in [4.69, 9.17) is 0 Å². The van der Waals surface area contributed by atoms with Crippen molar-refractivity contribution in [2.45, 2.75) is 20.3 Å². The lowest BCUT2D eigenvalue weighted by Gasteiger charge is -2.34. The third kappa shape index (κ3) is 3.11. The molecule has 0 saturated carbocycles. The van der Waals surface area contributed by atoms with E-state index < -0.39 is 0 Å². The smallest absolute Gasteiger partial charge is 0.0999 e. The summed E-state index contributed by atoms with van der Waals surface area (Å²) in [6.07, 6.45) is 1.29. The minimum Gasteiger partial charge on any atom is -1.00 e. The van der Waals surface area contributed by atoms with Crippen molar-refractivity contribution in [2.24, 2.45) is 0 Å². The first-order valence-corrected chi connectivity index (χ1v) is 3.98. The van der Waals surface area contributed by atoms with Gasteiger partial charge in [0, 0.05) is 6.42 Å². The Balaban J connectivity index is 0.000001000. The minimum atomic E-state index is 0. The number of hydrogen-bond donors (Lipinski definition) is 0. The van der Waals surface area contributed by atoms with E-state index in [1.54, 1.807) is 11.1 Å². The Bertz CT molecular complexity index is 170. The zero-order valence-electron chi connectivity index (χ0n) is 7.95. The molecule has 2 heteroatoms. The lowest BCUT2D eigenvalue weighted by Crippen LogP contribution is -3.00. The van der Waals surface area contributed by atoms with Crippen molar-refractivity contribution in [3.63, 3.8) is 0 Å². The molecule has 0 fully saturated rings. The Morgan fingerprint density at radius 3 is 2.00 bits per heavy atom. The van der Waals surface area contributed by atoms with Gasteiger partial charge in [0.25, 0.3) is 0 Å². The molecule has 0 bridgehead atoms. The molecular weight excluding hydrogens is 249 g/mol. The number of rotatable bonds is 0. The first kappa shape index (κ1) is 11.4. The average molecular weight is 267 g/mol. The van der Waals surface area contributed by atoms with Gasteiger partial charge in [-0.3, -0.25) is 0 Å². The lowest BCUT2D eigenvalue weighted by atomic mass is 10.0. The monoisotopic (exact) mass is 267 g/mol. The molecule has 1 aliphatic heterocycles. The van der Waals surface area contributed by atoms with Gasteiger partial charge in [-0.05, 0) is 19.4 Å². The molecule has 0 N–H and O–H groups in total. The van der Waals surface area contributed by atoms with Crippen LogP contribution in [0.5, 0.6) is 0 Å². The van der Waals surface area contributed by atoms with Gasteiger partial charge in [0.05, 0.1) is 27.2 Å². The Morgan fingerprint density at radius 2 is 1.64 bits per heavy atom. The molecule has 0 spiro atoms. The van der Waals surface area contributed by atoms with E-state index in [1.807, 2.05) is 0 Å². The zero-order chi connectivity index (χ0) is 7.78. The highest BCUT2D eigenvalue weighted by Gasteiger charge is 2.21. The third-order valence-corrected chi connectivity index (χ3v) is 2.49. The van der Waals surface area contributed by atoms with Gasteiger partial charge < -0.3 is 28.5 Å². The van der Waals surface area contributed by atoms with Crippen LogP contribution in [0.4, 0.5) is 0 Å². The number of nitrogens with zero attached hydrogens (tertiary/aromatic N) is 1. The van der Waals surface area contributed by atoms with Crippen molar-refractivity contribution >= 4 is 0 Å². The van der Waals surface area contributed by atoms with E-state index in [0.29, 0.717) is 0 Å². The molecule has 0 aromatic carbocycles. The van der Waals surface area contributed by atoms with Crippen molar-refractivity contribution in [3.8, 4) is 0 Å². The second kappa shape index (κ2) is 3.90. The number of quaternary nitrogens is 1. The maximum Gasteiger partial charge on any atom is 0.0999 e. The fourth-order valence-corrected chi connectivity index (χ4v) is 1.54. The minimum absolute atomic E-state index is 0. The maximum absolute atomic E-state index is 2.30. The molecule has 0 atom stereocenters. The molecule has 0 aromatic heterocycles. The van der Waals surface area contributed by atoms with Crippen LogP contribution in [0, 0.1) is 0 Å². The summed E-state index contributed by atoms with van der Waals surface area (Å²) in [7, 11) is 4.60. The molecule has 1 aliphatic rings. The second-order valence-electron chi connectivity index (χ2n) is 4.13. The zero-order valence-corrected chi connectivity index (χ0v) is 10.1. The highest BCUT2D eigenvalue weighted by atomic mass is 127. The molecule has 0 radical (unpaired) electrons. The summed E-state index contributed by atoms with van der Waals surface area (Å²) in [6, 6.07) is 0. The molecule has 0 saturated heterocycles. The molecule has 0 aliphatic carbocycles. The predicted octanol–water partition coefficient (Wildman–Crippen LogP) is -1.19. The summed E-state index contributed by atoms with van der Waals surface area (Å²) in [5.41, 5.74) is 3.20. The van der Waals surface area contributed by atoms with Crippen molar-refractivity contribution in [3.05, 3.63) is 11.1 Å². The summed E-state index contributed by atoms with van der Waals surface area (Å²) >= 11 is 0. The van der Waals surface area contributed by atoms with E-state index in [-0.39, 0.29) is 24.0 Å². The topological polar surface area (TPSA) is 0 Å². The summed E-state index contributed by atoms with van der Waals surface area (Å²) in [6.45, 7) is 7.07. The molecule has 11 heavy (non-hydrogen) atoms. The molecule has 0 unspecified atom stereocenters. The second-order valence-corrected chi connectivity index (χ2v) is 4.13. The van der Waals surface area contributed by atoms with Crippen LogP contribution in [0.25, 0.3) is 0 Å². The molecular formula is C9H18IN. The molecule has 1 nitrogen and oxygen atoms in total. The molecule has 1 heterocycles. The van der Waals surface area contributed by atoms with Crippen molar-refractivity contribution < 1.29 is 28.5 Å². The largest absolute Gasteiger partial charge is 1.00 e. The summed E-state index contributed by atoms with van der Waals surface area (Å²) < 4.78 is 1.17. The highest BCUT2D eigenvalue weighted by Crippen LogP contribution is 2.19. The number of likely N-dealkylation sites (N-methyl/N-ethyl adjacent to an activating group) is 1.